The fourth-order valence-corrected chi connectivity index (χ4v) is 2.17. The molecule has 0 aliphatic rings. The van der Waals surface area contributed by atoms with E-state index >= 15 is 0 Å². The summed E-state index contributed by atoms with van der Waals surface area (Å²) in [4.78, 5) is 23.5. The lowest BCUT2D eigenvalue weighted by Gasteiger charge is -2.10. The first-order valence-electron chi connectivity index (χ1n) is 8.32. The van der Waals surface area contributed by atoms with Crippen LogP contribution < -0.4 is 20.9 Å². The molecule has 2 amide bonds. The Morgan fingerprint density at radius 2 is 1.89 bits per heavy atom. The normalized spacial score (nSPS) is 10.4. The molecule has 0 saturated heterocycles. The Bertz CT molecular complexity index is 828. The minimum absolute atomic E-state index is 0.0408. The Morgan fingerprint density at radius 1 is 1.15 bits per heavy atom. The van der Waals surface area contributed by atoms with Crippen LogP contribution in [0.5, 0.6) is 5.75 Å². The van der Waals surface area contributed by atoms with E-state index in [0.29, 0.717) is 11.5 Å². The number of hydrogen-bond donors (Lipinski definition) is 3. The summed E-state index contributed by atoms with van der Waals surface area (Å²) in [5, 5.41) is 2.36. The first-order chi connectivity index (χ1) is 13.0. The van der Waals surface area contributed by atoms with Crippen molar-refractivity contribution in [2.45, 2.75) is 20.3 Å². The number of ether oxygens (including phenoxy) is 1. The number of furan rings is 1. The summed E-state index contributed by atoms with van der Waals surface area (Å²) in [6, 6.07) is 11.0. The number of amides is 2. The molecule has 142 valence electrons. The molecule has 0 spiro atoms. The van der Waals surface area contributed by atoms with Crippen molar-refractivity contribution >= 4 is 35.2 Å². The van der Waals surface area contributed by atoms with Crippen molar-refractivity contribution in [1.82, 2.24) is 16.2 Å². The largest absolute Gasteiger partial charge is 0.484 e. The monoisotopic (exact) mass is 387 g/mol. The van der Waals surface area contributed by atoms with Gasteiger partial charge in [-0.05, 0) is 61.5 Å². The van der Waals surface area contributed by atoms with Gasteiger partial charge in [0.25, 0.3) is 5.91 Å². The lowest BCUT2D eigenvalue weighted by molar-refractivity contribution is -0.123. The average molecular weight is 387 g/mol. The minimum atomic E-state index is -0.455. The lowest BCUT2D eigenvalue weighted by atomic mass is 10.2. The van der Waals surface area contributed by atoms with Gasteiger partial charge in [-0.25, -0.2) is 0 Å². The smallest absolute Gasteiger partial charge is 0.276 e. The Kier molecular flexibility index (Phi) is 7.57. The van der Waals surface area contributed by atoms with Crippen LogP contribution in [0.4, 0.5) is 0 Å². The second kappa shape index (κ2) is 10.1. The van der Waals surface area contributed by atoms with Gasteiger partial charge in [0.1, 0.15) is 17.3 Å². The van der Waals surface area contributed by atoms with E-state index in [0.717, 1.165) is 12.2 Å². The maximum absolute atomic E-state index is 11.7. The zero-order chi connectivity index (χ0) is 19.6. The SMILES string of the molecule is CCc1ccc(OCC(=O)NNC(=S)NC(=O)C=Cc2ccc(C)o2)cc1. The number of hydrogen-bond acceptors (Lipinski definition) is 5. The van der Waals surface area contributed by atoms with Crippen LogP contribution in [-0.4, -0.2) is 23.5 Å². The number of benzene rings is 1. The molecule has 1 aromatic carbocycles. The molecule has 2 aromatic rings. The molecule has 8 heteroatoms. The zero-order valence-corrected chi connectivity index (χ0v) is 15.9. The predicted octanol–water partition coefficient (Wildman–Crippen LogP) is 2.26. The Balaban J connectivity index is 1.67. The van der Waals surface area contributed by atoms with Crippen LogP contribution in [0, 0.1) is 6.92 Å². The summed E-state index contributed by atoms with van der Waals surface area (Å²) >= 11 is 4.93. The second-order valence-electron chi connectivity index (χ2n) is 5.56. The third-order valence-electron chi connectivity index (χ3n) is 3.41. The molecule has 0 saturated carbocycles. The topological polar surface area (TPSA) is 92.6 Å². The van der Waals surface area contributed by atoms with E-state index in [1.165, 1.54) is 17.7 Å². The summed E-state index contributed by atoms with van der Waals surface area (Å²) in [6.07, 6.45) is 3.72. The summed E-state index contributed by atoms with van der Waals surface area (Å²) in [6.45, 7) is 3.68. The van der Waals surface area contributed by atoms with Crippen molar-refractivity contribution in [2.75, 3.05) is 6.61 Å². The molecule has 0 atom stereocenters. The van der Waals surface area contributed by atoms with Crippen molar-refractivity contribution in [3.63, 3.8) is 0 Å². The molecule has 1 heterocycles. The van der Waals surface area contributed by atoms with E-state index < -0.39 is 11.8 Å². The first kappa shape index (κ1) is 20.2. The molecule has 7 nitrogen and oxygen atoms in total. The fraction of sp³-hybridized carbons (Fsp3) is 0.211. The number of thiocarbonyl (C=S) groups is 1. The van der Waals surface area contributed by atoms with Gasteiger partial charge in [-0.2, -0.15) is 0 Å². The van der Waals surface area contributed by atoms with Crippen LogP contribution in [-0.2, 0) is 16.0 Å². The number of aryl methyl sites for hydroxylation is 2. The average Bonchev–Trinajstić information content (AvgIpc) is 3.08. The van der Waals surface area contributed by atoms with Gasteiger partial charge in [0.2, 0.25) is 5.91 Å². The first-order valence-corrected chi connectivity index (χ1v) is 8.73. The molecular formula is C19H21N3O4S. The van der Waals surface area contributed by atoms with E-state index in [9.17, 15) is 9.59 Å². The van der Waals surface area contributed by atoms with Crippen LogP contribution in [0.3, 0.4) is 0 Å². The minimum Gasteiger partial charge on any atom is -0.484 e. The van der Waals surface area contributed by atoms with Crippen molar-refractivity contribution in [2.24, 2.45) is 0 Å². The second-order valence-corrected chi connectivity index (χ2v) is 5.97. The Hall–Kier alpha value is -3.13. The van der Waals surface area contributed by atoms with Gasteiger partial charge in [0.05, 0.1) is 0 Å². The molecule has 3 N–H and O–H groups in total. The van der Waals surface area contributed by atoms with Crippen LogP contribution in [0.2, 0.25) is 0 Å². The molecule has 2 rings (SSSR count). The van der Waals surface area contributed by atoms with E-state index in [1.54, 1.807) is 24.3 Å². The summed E-state index contributed by atoms with van der Waals surface area (Å²) in [5.41, 5.74) is 5.96. The van der Waals surface area contributed by atoms with E-state index in [1.807, 2.05) is 19.1 Å². The molecule has 0 bridgehead atoms. The predicted molar refractivity (Wildman–Crippen MR) is 106 cm³/mol. The van der Waals surface area contributed by atoms with Crippen LogP contribution in [0.15, 0.2) is 46.9 Å². The fourth-order valence-electron chi connectivity index (χ4n) is 2.02. The molecule has 0 radical (unpaired) electrons. The number of hydrazine groups is 1. The molecule has 0 aliphatic heterocycles. The maximum Gasteiger partial charge on any atom is 0.276 e. The van der Waals surface area contributed by atoms with Crippen molar-refractivity contribution in [3.05, 3.63) is 59.6 Å². The van der Waals surface area contributed by atoms with E-state index in [2.05, 4.69) is 23.1 Å². The molecule has 27 heavy (non-hydrogen) atoms. The van der Waals surface area contributed by atoms with Gasteiger partial charge in [-0.1, -0.05) is 19.1 Å². The van der Waals surface area contributed by atoms with Gasteiger partial charge in [0, 0.05) is 6.08 Å². The molecule has 1 aromatic heterocycles. The number of carbonyl (C=O) groups is 2. The van der Waals surface area contributed by atoms with Gasteiger partial charge in [-0.15, -0.1) is 0 Å². The summed E-state index contributed by atoms with van der Waals surface area (Å²) in [7, 11) is 0. The maximum atomic E-state index is 11.7. The molecular weight excluding hydrogens is 366 g/mol. The van der Waals surface area contributed by atoms with Gasteiger partial charge in [-0.3, -0.25) is 25.8 Å². The third kappa shape index (κ3) is 7.33. The number of carbonyl (C=O) groups excluding carboxylic acids is 2. The zero-order valence-electron chi connectivity index (χ0n) is 15.1. The quantitative estimate of drug-likeness (QED) is 0.400. The molecule has 0 fully saturated rings. The highest BCUT2D eigenvalue weighted by Gasteiger charge is 2.05. The molecule has 0 aliphatic carbocycles. The molecule has 0 unspecified atom stereocenters. The Morgan fingerprint density at radius 3 is 2.52 bits per heavy atom. The summed E-state index contributed by atoms with van der Waals surface area (Å²) in [5.74, 6) is 1.00. The van der Waals surface area contributed by atoms with Crippen molar-refractivity contribution < 1.29 is 18.7 Å². The lowest BCUT2D eigenvalue weighted by Crippen LogP contribution is -2.49. The van der Waals surface area contributed by atoms with Crippen LogP contribution >= 0.6 is 12.2 Å². The van der Waals surface area contributed by atoms with E-state index in [4.69, 9.17) is 21.4 Å². The standard InChI is InChI=1S/C19H21N3O4S/c1-3-14-5-8-15(9-6-14)25-12-18(24)21-22-19(27)20-17(23)11-10-16-7-4-13(2)26-16/h4-11H,3,12H2,1-2H3,(H,21,24)(H2,20,22,23,27). The number of rotatable bonds is 6. The van der Waals surface area contributed by atoms with E-state index in [-0.39, 0.29) is 11.7 Å². The highest BCUT2D eigenvalue weighted by atomic mass is 32.1. The third-order valence-corrected chi connectivity index (χ3v) is 3.62. The van der Waals surface area contributed by atoms with Gasteiger partial charge < -0.3 is 9.15 Å². The van der Waals surface area contributed by atoms with Crippen molar-refractivity contribution in [3.8, 4) is 5.75 Å². The van der Waals surface area contributed by atoms with Gasteiger partial charge >= 0.3 is 0 Å². The highest BCUT2D eigenvalue weighted by Crippen LogP contribution is 2.12. The van der Waals surface area contributed by atoms with Gasteiger partial charge in [0.15, 0.2) is 11.7 Å². The Labute approximate surface area is 162 Å². The summed E-state index contributed by atoms with van der Waals surface area (Å²) < 4.78 is 10.7. The van der Waals surface area contributed by atoms with Crippen LogP contribution in [0.1, 0.15) is 24.0 Å². The van der Waals surface area contributed by atoms with Crippen LogP contribution in [0.25, 0.3) is 6.08 Å². The highest BCUT2D eigenvalue weighted by molar-refractivity contribution is 7.80. The van der Waals surface area contributed by atoms with Crippen molar-refractivity contribution in [1.29, 1.82) is 0 Å². The number of nitrogens with one attached hydrogen (secondary N) is 3.